The average Bonchev–Trinajstić information content (AvgIpc) is 0.663. The first kappa shape index (κ1) is 71.1. The highest BCUT2D eigenvalue weighted by atomic mass is 16.8. The summed E-state index contributed by atoms with van der Waals surface area (Å²) in [7, 11) is 0. The minimum absolute atomic E-state index is 0.199. The molecule has 90 heavy (non-hydrogen) atoms. The third-order valence-corrected chi connectivity index (χ3v) is 23.4. The van der Waals surface area contributed by atoms with Crippen LogP contribution in [0.5, 0.6) is 0 Å². The van der Waals surface area contributed by atoms with Crippen molar-refractivity contribution in [2.24, 2.45) is 50.2 Å². The molecule has 0 aromatic carbocycles. The summed E-state index contributed by atoms with van der Waals surface area (Å²) in [6.45, 7) is 19.7. The maximum absolute atomic E-state index is 13.9. The van der Waals surface area contributed by atoms with E-state index in [9.17, 15) is 85.9 Å². The van der Waals surface area contributed by atoms with Crippen LogP contribution in [0.2, 0.25) is 0 Å². The van der Waals surface area contributed by atoms with Crippen molar-refractivity contribution in [1.29, 1.82) is 0 Å². The number of carbonyl (C=O) groups is 3. The summed E-state index contributed by atoms with van der Waals surface area (Å²) in [5.41, 5.74) is -4.73. The van der Waals surface area contributed by atoms with Crippen molar-refractivity contribution in [3.05, 3.63) is 34.9 Å². The number of carboxylic acid groups (broad SMARTS) is 1. The molecule has 0 radical (unpaired) electrons. The van der Waals surface area contributed by atoms with Crippen LogP contribution in [0.1, 0.15) is 122 Å². The predicted molar refractivity (Wildman–Crippen MR) is 308 cm³/mol. The molecule has 0 amide bonds. The van der Waals surface area contributed by atoms with Gasteiger partial charge in [0.2, 0.25) is 0 Å². The zero-order valence-electron chi connectivity index (χ0n) is 53.3. The van der Waals surface area contributed by atoms with E-state index in [4.69, 9.17) is 47.4 Å². The van der Waals surface area contributed by atoms with E-state index in [1.807, 2.05) is 34.6 Å². The Labute approximate surface area is 523 Å². The van der Waals surface area contributed by atoms with Gasteiger partial charge in [0, 0.05) is 22.0 Å². The van der Waals surface area contributed by atoms with E-state index in [2.05, 4.69) is 19.9 Å². The first-order chi connectivity index (χ1) is 42.0. The van der Waals surface area contributed by atoms with Gasteiger partial charge < -0.3 is 119 Å². The van der Waals surface area contributed by atoms with E-state index in [1.165, 1.54) is 6.92 Å². The Balaban J connectivity index is 1.05. The van der Waals surface area contributed by atoms with Crippen LogP contribution in [0, 0.1) is 50.2 Å². The molecule has 0 bridgehead atoms. The van der Waals surface area contributed by atoms with Gasteiger partial charge in [0.05, 0.1) is 49.7 Å². The van der Waals surface area contributed by atoms with E-state index >= 15 is 0 Å². The molecule has 0 unspecified atom stereocenters. The number of fused-ring (bicyclic) bond motifs is 7. The second kappa shape index (κ2) is 26.1. The fraction of sp³-hybridized carbons (Fsp3) is 0.857. The normalized spacial score (nSPS) is 50.2. The number of aliphatic carboxylic acids is 1. The monoisotopic (exact) mass is 1290 g/mol. The quantitative estimate of drug-likeness (QED) is 0.0409. The van der Waals surface area contributed by atoms with Gasteiger partial charge in [0.15, 0.2) is 37.4 Å². The molecule has 512 valence electrons. The molecular formula is C63H98O27. The lowest BCUT2D eigenvalue weighted by atomic mass is 9.32. The van der Waals surface area contributed by atoms with E-state index in [0.29, 0.717) is 31.3 Å². The maximum Gasteiger partial charge on any atom is 0.335 e. The molecule has 5 aliphatic carbocycles. The minimum Gasteiger partial charge on any atom is -0.479 e. The molecule has 14 N–H and O–H groups in total. The van der Waals surface area contributed by atoms with Crippen LogP contribution in [0.4, 0.5) is 0 Å². The first-order valence-corrected chi connectivity index (χ1v) is 31.5. The van der Waals surface area contributed by atoms with Gasteiger partial charge >= 0.3 is 17.9 Å². The second-order valence-electron chi connectivity index (χ2n) is 28.8. The van der Waals surface area contributed by atoms with Crippen molar-refractivity contribution in [2.75, 3.05) is 19.8 Å². The Morgan fingerprint density at radius 2 is 1.20 bits per heavy atom. The van der Waals surface area contributed by atoms with Gasteiger partial charge in [0.25, 0.3) is 0 Å². The summed E-state index contributed by atoms with van der Waals surface area (Å²) >= 11 is 0. The van der Waals surface area contributed by atoms with Crippen LogP contribution in [0.25, 0.3) is 0 Å². The van der Waals surface area contributed by atoms with Gasteiger partial charge in [-0.25, -0.2) is 14.4 Å². The largest absolute Gasteiger partial charge is 0.479 e. The number of carbonyl (C=O) groups excluding carboxylic acids is 2. The van der Waals surface area contributed by atoms with Crippen molar-refractivity contribution in [3.8, 4) is 0 Å². The first-order valence-electron chi connectivity index (χ1n) is 31.5. The molecule has 31 atom stereocenters. The summed E-state index contributed by atoms with van der Waals surface area (Å²) in [6, 6.07) is 0. The SMILES string of the molecule is C/C=C(\C)C(=O)O[C@H]1[C@H](OC(=O)/C(C)=C/C)[C@]2(CO)[C@H](O)[C@H](O)[C@]3(C)C(=CC[C@@H]4[C@@]5(C)CC[C@H](O[C@@H]6O[C@H](C(=O)O)[C@@H](O)[C@H](O[C@@H]7OC[C@H](O)[C@H](O)[C@H]7O[C@@H]7O[C@@H](C)[C@H](O)[C@@H](O)[C@H]7O)[C@H]6O[C@@H]6O[C@H](CO)[C@H](O)[C@H](O)[C@H]6O)C(C)(C)[C@@H]5CC[C@]43C)[C@@H]2CC1(C)C. The topological polar surface area (TPSA) is 427 Å². The van der Waals surface area contributed by atoms with Gasteiger partial charge in [-0.1, -0.05) is 72.3 Å². The zero-order valence-corrected chi connectivity index (χ0v) is 53.3. The molecular weight excluding hydrogens is 1190 g/mol. The molecule has 9 rings (SSSR count). The fourth-order valence-electron chi connectivity index (χ4n) is 17.6. The van der Waals surface area contributed by atoms with Gasteiger partial charge in [0.1, 0.15) is 85.5 Å². The Morgan fingerprint density at radius 1 is 0.622 bits per heavy atom. The minimum atomic E-state index is -2.24. The maximum atomic E-state index is 13.9. The highest BCUT2D eigenvalue weighted by molar-refractivity contribution is 5.89. The highest BCUT2D eigenvalue weighted by Gasteiger charge is 2.76. The lowest BCUT2D eigenvalue weighted by Crippen LogP contribution is -2.76. The Kier molecular flexibility index (Phi) is 20.6. The van der Waals surface area contributed by atoms with Crippen LogP contribution in [-0.4, -0.2) is 256 Å². The summed E-state index contributed by atoms with van der Waals surface area (Å²) in [4.78, 5) is 40.8. The molecule has 27 nitrogen and oxygen atoms in total. The zero-order chi connectivity index (χ0) is 66.6. The van der Waals surface area contributed by atoms with Crippen molar-refractivity contribution in [3.63, 3.8) is 0 Å². The fourth-order valence-corrected chi connectivity index (χ4v) is 17.6. The van der Waals surface area contributed by atoms with Gasteiger partial charge in [-0.3, -0.25) is 0 Å². The smallest absolute Gasteiger partial charge is 0.335 e. The van der Waals surface area contributed by atoms with Crippen LogP contribution < -0.4 is 0 Å². The van der Waals surface area contributed by atoms with E-state index in [0.717, 1.165) is 5.57 Å². The highest BCUT2D eigenvalue weighted by Crippen LogP contribution is 2.76. The average molecular weight is 1290 g/mol. The van der Waals surface area contributed by atoms with Gasteiger partial charge in [-0.05, 0) is 107 Å². The molecule has 9 aliphatic rings. The number of carboxylic acids is 1. The Morgan fingerprint density at radius 3 is 1.79 bits per heavy atom. The van der Waals surface area contributed by atoms with E-state index in [1.54, 1.807) is 39.8 Å². The number of hydrogen-bond donors (Lipinski definition) is 14. The molecule has 8 fully saturated rings. The third kappa shape index (κ3) is 11.5. The molecule has 4 saturated heterocycles. The summed E-state index contributed by atoms with van der Waals surface area (Å²) < 4.78 is 61.6. The number of hydrogen-bond acceptors (Lipinski definition) is 26. The molecule has 4 aliphatic heterocycles. The summed E-state index contributed by atoms with van der Waals surface area (Å²) in [6.07, 6.45) is -34.4. The number of ether oxygens (including phenoxy) is 10. The number of aliphatic hydroxyl groups excluding tert-OH is 13. The predicted octanol–water partition coefficient (Wildman–Crippen LogP) is -0.885. The van der Waals surface area contributed by atoms with Crippen LogP contribution in [0.3, 0.4) is 0 Å². The van der Waals surface area contributed by atoms with Gasteiger partial charge in [-0.2, -0.15) is 0 Å². The molecule has 0 aromatic rings. The van der Waals surface area contributed by atoms with Crippen molar-refractivity contribution >= 4 is 17.9 Å². The summed E-state index contributed by atoms with van der Waals surface area (Å²) in [5.74, 6) is -4.24. The van der Waals surface area contributed by atoms with Crippen LogP contribution in [-0.2, 0) is 61.8 Å². The number of rotatable bonds is 15. The van der Waals surface area contributed by atoms with Crippen molar-refractivity contribution in [2.45, 2.75) is 269 Å². The Bertz CT molecular complexity index is 2700. The molecule has 0 spiro atoms. The van der Waals surface area contributed by atoms with Crippen LogP contribution in [0.15, 0.2) is 34.9 Å². The van der Waals surface area contributed by atoms with Gasteiger partial charge in [-0.15, -0.1) is 0 Å². The summed E-state index contributed by atoms with van der Waals surface area (Å²) in [5, 5.41) is 158. The number of aliphatic hydroxyl groups is 13. The lowest BCUT2D eigenvalue weighted by molar-refractivity contribution is -0.401. The van der Waals surface area contributed by atoms with Crippen molar-refractivity contribution in [1.82, 2.24) is 0 Å². The van der Waals surface area contributed by atoms with Crippen LogP contribution >= 0.6 is 0 Å². The molecule has 4 saturated carbocycles. The molecule has 4 heterocycles. The third-order valence-electron chi connectivity index (χ3n) is 23.4. The van der Waals surface area contributed by atoms with E-state index in [-0.39, 0.29) is 30.3 Å². The van der Waals surface area contributed by atoms with E-state index < -0.39 is 223 Å². The molecule has 27 heteroatoms. The van der Waals surface area contributed by atoms with Crippen molar-refractivity contribution < 1.29 is 133 Å². The lowest BCUT2D eigenvalue weighted by Gasteiger charge is -2.73. The molecule has 0 aromatic heterocycles. The standard InChI is InChI=1S/C63H98O27/c1-13-25(3)52(79)89-49-50(90-53(80)26(4)14-2)63(24-65)29(21-58(49,6)7)28-15-16-33-60(10)19-18-34(59(8,9)32(60)17-20-61(33,11)62(28,12)47(75)48(63)76)84-57-46(88-55-41(73)39(71)37(69)31(22-64)83-55)43(42(74)44(86-57)51(77)78)85-56-45(36(68)30(66)23-81-56)87-54-40(72)38(70)35(67)27(5)82-54/h13-15,27,29-50,54-57,64-76H,16-24H2,1-12H3,(H,77,78)/b25-13+,26-14+/t27-,29-,30-,31+,32-,33+,34-,35-,36-,37-,38+,39-,40+,41+,42-,43-,44-,45+,46+,47-,48+,49-,50-,54-,55-,56-,57+,60-,61+,62-,63-/m0/s1. The Hall–Kier alpha value is -3.21. The number of allylic oxidation sites excluding steroid dienone is 3. The second-order valence-corrected chi connectivity index (χ2v) is 28.8. The number of esters is 2.